The van der Waals surface area contributed by atoms with E-state index in [-0.39, 0.29) is 12.7 Å². The van der Waals surface area contributed by atoms with Crippen LogP contribution in [0.25, 0.3) is 0 Å². The van der Waals surface area contributed by atoms with E-state index < -0.39 is 0 Å². The maximum atomic E-state index is 8.98. The van der Waals surface area contributed by atoms with Gasteiger partial charge in [0, 0.05) is 30.3 Å². The van der Waals surface area contributed by atoms with Gasteiger partial charge in [0.05, 0.1) is 23.7 Å². The lowest BCUT2D eigenvalue weighted by molar-refractivity contribution is 0.242. The molecule has 7 heteroatoms. The molecule has 0 saturated heterocycles. The Morgan fingerprint density at radius 1 is 1.07 bits per heavy atom. The van der Waals surface area contributed by atoms with Crippen molar-refractivity contribution in [3.05, 3.63) is 71.0 Å². The Morgan fingerprint density at radius 3 is 2.47 bits per heavy atom. The van der Waals surface area contributed by atoms with Gasteiger partial charge in [0.1, 0.15) is 5.75 Å². The number of nitrogens with zero attached hydrogens (tertiary/aromatic N) is 2. The number of aliphatic hydroxyl groups excluding tert-OH is 1. The van der Waals surface area contributed by atoms with Crippen LogP contribution in [0, 0.1) is 0 Å². The molecule has 0 radical (unpaired) electrons. The minimum atomic E-state index is 0.126. The zero-order chi connectivity index (χ0) is 21.3. The van der Waals surface area contributed by atoms with Gasteiger partial charge in [-0.25, -0.2) is 9.97 Å². The summed E-state index contributed by atoms with van der Waals surface area (Å²) in [5.41, 5.74) is 3.72. The van der Waals surface area contributed by atoms with E-state index in [1.54, 1.807) is 6.20 Å². The highest BCUT2D eigenvalue weighted by Crippen LogP contribution is 2.25. The lowest BCUT2D eigenvalue weighted by Crippen LogP contribution is -2.10. The minimum absolute atomic E-state index is 0.126. The molecule has 0 fully saturated rings. The maximum Gasteiger partial charge on any atom is 0.223 e. The first kappa shape index (κ1) is 21.9. The van der Waals surface area contributed by atoms with Crippen molar-refractivity contribution in [2.45, 2.75) is 32.8 Å². The average Bonchev–Trinajstić information content (AvgIpc) is 2.73. The summed E-state index contributed by atoms with van der Waals surface area (Å²) in [5, 5.41) is 16.2. The third-order valence-corrected chi connectivity index (χ3v) is 4.53. The van der Waals surface area contributed by atoms with Gasteiger partial charge in [-0.2, -0.15) is 0 Å². The van der Waals surface area contributed by atoms with Crippen LogP contribution in [0.3, 0.4) is 0 Å². The van der Waals surface area contributed by atoms with Gasteiger partial charge in [-0.1, -0.05) is 23.7 Å². The van der Waals surface area contributed by atoms with Gasteiger partial charge in [0.15, 0.2) is 0 Å². The average molecular weight is 427 g/mol. The van der Waals surface area contributed by atoms with E-state index >= 15 is 0 Å². The molecule has 2 aromatic carbocycles. The van der Waals surface area contributed by atoms with Crippen LogP contribution in [-0.2, 0) is 6.42 Å². The number of anilines is 3. The summed E-state index contributed by atoms with van der Waals surface area (Å²) < 4.78 is 5.70. The number of halogens is 1. The first-order valence-corrected chi connectivity index (χ1v) is 10.4. The number of hydrogen-bond donors (Lipinski definition) is 3. The summed E-state index contributed by atoms with van der Waals surface area (Å²) in [4.78, 5) is 9.10. The second-order valence-corrected chi connectivity index (χ2v) is 7.61. The summed E-state index contributed by atoms with van der Waals surface area (Å²) >= 11 is 6.01. The number of nitrogens with one attached hydrogen (secondary N) is 2. The molecule has 1 heterocycles. The van der Waals surface area contributed by atoms with Crippen molar-refractivity contribution in [3.63, 3.8) is 0 Å². The minimum Gasteiger partial charge on any atom is -0.491 e. The van der Waals surface area contributed by atoms with Gasteiger partial charge in [0.2, 0.25) is 5.95 Å². The van der Waals surface area contributed by atoms with Crippen LogP contribution in [0.2, 0.25) is 5.02 Å². The molecular weight excluding hydrogens is 400 g/mol. The molecule has 6 nitrogen and oxygen atoms in total. The molecule has 0 aliphatic carbocycles. The highest BCUT2D eigenvalue weighted by atomic mass is 35.5. The summed E-state index contributed by atoms with van der Waals surface area (Å²) in [5.74, 6) is 1.37. The van der Waals surface area contributed by atoms with E-state index in [4.69, 9.17) is 26.4 Å². The Hall–Kier alpha value is -2.83. The van der Waals surface area contributed by atoms with Gasteiger partial charge < -0.3 is 20.5 Å². The molecule has 0 unspecified atom stereocenters. The highest BCUT2D eigenvalue weighted by molar-refractivity contribution is 6.30. The largest absolute Gasteiger partial charge is 0.491 e. The van der Waals surface area contributed by atoms with E-state index in [1.165, 1.54) is 0 Å². The Labute approximate surface area is 182 Å². The number of ether oxygens (including phenoxy) is 1. The molecule has 158 valence electrons. The lowest BCUT2D eigenvalue weighted by Gasteiger charge is -2.14. The number of hydrogen-bond acceptors (Lipinski definition) is 6. The van der Waals surface area contributed by atoms with Gasteiger partial charge in [0.25, 0.3) is 0 Å². The van der Waals surface area contributed by atoms with Crippen molar-refractivity contribution >= 4 is 28.9 Å². The summed E-state index contributed by atoms with van der Waals surface area (Å²) in [6, 6.07) is 15.5. The first-order chi connectivity index (χ1) is 14.5. The van der Waals surface area contributed by atoms with E-state index in [9.17, 15) is 0 Å². The topological polar surface area (TPSA) is 79.3 Å². The maximum absolute atomic E-state index is 8.98. The summed E-state index contributed by atoms with van der Waals surface area (Å²) in [7, 11) is 0. The Kier molecular flexibility index (Phi) is 7.88. The fourth-order valence-electron chi connectivity index (χ4n) is 2.86. The molecule has 30 heavy (non-hydrogen) atoms. The molecule has 0 aliphatic rings. The van der Waals surface area contributed by atoms with Crippen LogP contribution >= 0.6 is 11.6 Å². The standard InChI is InChI=1S/C23H27ClN4O2/c1-16(2)30-20-10-8-19(9-11-20)27-22-15-26-23(25-12-3-13-29)28-21(22)14-17-4-6-18(24)7-5-17/h4-11,15-16,27,29H,3,12-14H2,1-2H3,(H,25,26,28). The molecule has 0 spiro atoms. The van der Waals surface area contributed by atoms with E-state index in [0.29, 0.717) is 30.4 Å². The second-order valence-electron chi connectivity index (χ2n) is 7.18. The molecule has 3 aromatic rings. The lowest BCUT2D eigenvalue weighted by atomic mass is 10.1. The van der Waals surface area contributed by atoms with E-state index in [0.717, 1.165) is 28.4 Å². The second kappa shape index (κ2) is 10.8. The van der Waals surface area contributed by atoms with Gasteiger partial charge >= 0.3 is 0 Å². The van der Waals surface area contributed by atoms with Gasteiger partial charge in [-0.3, -0.25) is 0 Å². The Bertz CT molecular complexity index is 931. The zero-order valence-corrected chi connectivity index (χ0v) is 18.0. The SMILES string of the molecule is CC(C)Oc1ccc(Nc2cnc(NCCCO)nc2Cc2ccc(Cl)cc2)cc1. The molecule has 0 amide bonds. The molecule has 0 saturated carbocycles. The van der Waals surface area contributed by atoms with Crippen molar-refractivity contribution in [2.24, 2.45) is 0 Å². The quantitative estimate of drug-likeness (QED) is 0.394. The van der Waals surface area contributed by atoms with Crippen LogP contribution in [0.15, 0.2) is 54.7 Å². The first-order valence-electron chi connectivity index (χ1n) is 10.0. The summed E-state index contributed by atoms with van der Waals surface area (Å²) in [6.07, 6.45) is 3.18. The third kappa shape index (κ3) is 6.61. The number of aromatic nitrogens is 2. The number of rotatable bonds is 10. The smallest absolute Gasteiger partial charge is 0.223 e. The highest BCUT2D eigenvalue weighted by Gasteiger charge is 2.10. The van der Waals surface area contributed by atoms with E-state index in [2.05, 4.69) is 15.6 Å². The zero-order valence-electron chi connectivity index (χ0n) is 17.2. The van der Waals surface area contributed by atoms with Crippen LogP contribution in [0.1, 0.15) is 31.5 Å². The van der Waals surface area contributed by atoms with Crippen LogP contribution in [0.4, 0.5) is 17.3 Å². The molecule has 1 aromatic heterocycles. The van der Waals surface area contributed by atoms with Crippen molar-refractivity contribution in [2.75, 3.05) is 23.8 Å². The van der Waals surface area contributed by atoms with Crippen LogP contribution in [-0.4, -0.2) is 34.3 Å². The normalized spacial score (nSPS) is 10.8. The number of aliphatic hydroxyl groups is 1. The fraction of sp³-hybridized carbons (Fsp3) is 0.304. The predicted octanol–water partition coefficient (Wildman–Crippen LogP) is 5.05. The molecule has 0 bridgehead atoms. The van der Waals surface area contributed by atoms with Crippen molar-refractivity contribution in [1.82, 2.24) is 9.97 Å². The molecule has 3 N–H and O–H groups in total. The van der Waals surface area contributed by atoms with Crippen LogP contribution in [0.5, 0.6) is 5.75 Å². The molecule has 0 atom stereocenters. The third-order valence-electron chi connectivity index (χ3n) is 4.28. The van der Waals surface area contributed by atoms with Gasteiger partial charge in [-0.05, 0) is 62.2 Å². The van der Waals surface area contributed by atoms with Crippen molar-refractivity contribution in [3.8, 4) is 5.75 Å². The Balaban J connectivity index is 1.81. The van der Waals surface area contributed by atoms with Gasteiger partial charge in [-0.15, -0.1) is 0 Å². The number of benzene rings is 2. The van der Waals surface area contributed by atoms with Crippen molar-refractivity contribution in [1.29, 1.82) is 0 Å². The predicted molar refractivity (Wildman–Crippen MR) is 122 cm³/mol. The Morgan fingerprint density at radius 2 is 1.80 bits per heavy atom. The molecule has 3 rings (SSSR count). The molecular formula is C23H27ClN4O2. The summed E-state index contributed by atoms with van der Waals surface area (Å²) in [6.45, 7) is 4.74. The fourth-order valence-corrected chi connectivity index (χ4v) is 2.99. The van der Waals surface area contributed by atoms with E-state index in [1.807, 2.05) is 62.4 Å². The van der Waals surface area contributed by atoms with Crippen molar-refractivity contribution < 1.29 is 9.84 Å². The monoisotopic (exact) mass is 426 g/mol. The molecule has 0 aliphatic heterocycles. The van der Waals surface area contributed by atoms with Crippen LogP contribution < -0.4 is 15.4 Å².